The summed E-state index contributed by atoms with van der Waals surface area (Å²) in [5, 5.41) is 3.80. The number of fused-ring (bicyclic) bond motifs is 1. The predicted octanol–water partition coefficient (Wildman–Crippen LogP) is 3.32. The third-order valence-corrected chi connectivity index (χ3v) is 2.79. The zero-order valence-corrected chi connectivity index (χ0v) is 10.4. The molecule has 1 heterocycles. The Labute approximate surface area is 99.8 Å². The number of benzene rings is 1. The number of oxazole rings is 1. The number of halogens is 1. The van der Waals surface area contributed by atoms with Crippen LogP contribution in [0.3, 0.4) is 0 Å². The first-order valence-corrected chi connectivity index (χ1v) is 5.73. The molecule has 0 atom stereocenters. The van der Waals surface area contributed by atoms with E-state index < -0.39 is 0 Å². The van der Waals surface area contributed by atoms with Gasteiger partial charge < -0.3 is 9.73 Å². The van der Waals surface area contributed by atoms with Gasteiger partial charge in [0.1, 0.15) is 5.52 Å². The van der Waals surface area contributed by atoms with Crippen molar-refractivity contribution in [1.29, 1.82) is 0 Å². The van der Waals surface area contributed by atoms with E-state index in [1.807, 2.05) is 19.2 Å². The van der Waals surface area contributed by atoms with E-state index in [2.05, 4.69) is 24.1 Å². The highest BCUT2D eigenvalue weighted by Gasteiger charge is 2.11. The minimum Gasteiger partial charge on any atom is -0.440 e. The highest BCUT2D eigenvalue weighted by molar-refractivity contribution is 6.32. The van der Waals surface area contributed by atoms with Crippen LogP contribution < -0.4 is 5.32 Å². The molecule has 0 bridgehead atoms. The van der Waals surface area contributed by atoms with Gasteiger partial charge in [0.25, 0.3) is 0 Å². The summed E-state index contributed by atoms with van der Waals surface area (Å²) in [6.45, 7) is 4.84. The lowest BCUT2D eigenvalue weighted by Gasteiger charge is -2.01. The summed E-state index contributed by atoms with van der Waals surface area (Å²) in [5.41, 5.74) is 2.66. The lowest BCUT2D eigenvalue weighted by molar-refractivity contribution is 0.501. The topological polar surface area (TPSA) is 38.1 Å². The van der Waals surface area contributed by atoms with Crippen molar-refractivity contribution in [3.8, 4) is 0 Å². The van der Waals surface area contributed by atoms with Crippen LogP contribution in [0.5, 0.6) is 0 Å². The molecule has 0 radical (unpaired) electrons. The van der Waals surface area contributed by atoms with Crippen molar-refractivity contribution in [3.63, 3.8) is 0 Å². The molecule has 2 aromatic rings. The molecule has 0 aliphatic rings. The van der Waals surface area contributed by atoms with Gasteiger partial charge in [-0.25, -0.2) is 4.98 Å². The first-order chi connectivity index (χ1) is 7.61. The van der Waals surface area contributed by atoms with E-state index in [1.165, 1.54) is 0 Å². The Morgan fingerprint density at radius 3 is 2.81 bits per heavy atom. The highest BCUT2D eigenvalue weighted by Crippen LogP contribution is 2.26. The van der Waals surface area contributed by atoms with E-state index in [9.17, 15) is 0 Å². The number of nitrogens with zero attached hydrogens (tertiary/aromatic N) is 1. The lowest BCUT2D eigenvalue weighted by Crippen LogP contribution is -2.05. The maximum atomic E-state index is 6.15. The second-order valence-electron chi connectivity index (χ2n) is 4.15. The Morgan fingerprint density at radius 1 is 1.44 bits per heavy atom. The van der Waals surface area contributed by atoms with Crippen LogP contribution in [0.25, 0.3) is 11.1 Å². The number of hydrogen-bond acceptors (Lipinski definition) is 3. The Balaban J connectivity index is 2.52. The standard InChI is InChI=1S/C12H15ClN2O/c1-7(2)12-15-10-5-9(13)8(6-14-3)4-11(10)16-12/h4-5,7,14H,6H2,1-3H3. The molecule has 0 aliphatic heterocycles. The van der Waals surface area contributed by atoms with Crippen molar-refractivity contribution in [2.75, 3.05) is 7.05 Å². The lowest BCUT2D eigenvalue weighted by atomic mass is 10.2. The summed E-state index contributed by atoms with van der Waals surface area (Å²) in [5.74, 6) is 1.05. The summed E-state index contributed by atoms with van der Waals surface area (Å²) in [7, 11) is 1.89. The Kier molecular flexibility index (Phi) is 3.17. The molecule has 86 valence electrons. The van der Waals surface area contributed by atoms with E-state index in [0.29, 0.717) is 5.92 Å². The molecule has 0 fully saturated rings. The first kappa shape index (κ1) is 11.4. The third kappa shape index (κ3) is 2.06. The molecule has 0 saturated heterocycles. The number of aromatic nitrogens is 1. The highest BCUT2D eigenvalue weighted by atomic mass is 35.5. The fourth-order valence-corrected chi connectivity index (χ4v) is 1.81. The Hall–Kier alpha value is -1.06. The molecular weight excluding hydrogens is 224 g/mol. The number of hydrogen-bond donors (Lipinski definition) is 1. The zero-order valence-electron chi connectivity index (χ0n) is 9.67. The fourth-order valence-electron chi connectivity index (χ4n) is 1.58. The average Bonchev–Trinajstić information content (AvgIpc) is 2.61. The summed E-state index contributed by atoms with van der Waals surface area (Å²) >= 11 is 6.15. The van der Waals surface area contributed by atoms with Gasteiger partial charge >= 0.3 is 0 Å². The van der Waals surface area contributed by atoms with E-state index in [-0.39, 0.29) is 0 Å². The SMILES string of the molecule is CNCc1cc2oc(C(C)C)nc2cc1Cl. The van der Waals surface area contributed by atoms with Gasteiger partial charge in [0.2, 0.25) is 0 Å². The molecule has 4 heteroatoms. The summed E-state index contributed by atoms with van der Waals surface area (Å²) in [6.07, 6.45) is 0. The Bertz CT molecular complexity index is 505. The maximum Gasteiger partial charge on any atom is 0.198 e. The van der Waals surface area contributed by atoms with Gasteiger partial charge in [-0.1, -0.05) is 25.4 Å². The molecule has 0 spiro atoms. The molecule has 1 N–H and O–H groups in total. The molecule has 2 rings (SSSR count). The monoisotopic (exact) mass is 238 g/mol. The molecule has 0 unspecified atom stereocenters. The molecule has 3 nitrogen and oxygen atoms in total. The molecule has 0 saturated carbocycles. The fraction of sp³-hybridized carbons (Fsp3) is 0.417. The van der Waals surface area contributed by atoms with Crippen molar-refractivity contribution in [2.45, 2.75) is 26.3 Å². The molecule has 0 aliphatic carbocycles. The van der Waals surface area contributed by atoms with Crippen LogP contribution in [0.4, 0.5) is 0 Å². The molecule has 0 amide bonds. The van der Waals surface area contributed by atoms with Crippen molar-refractivity contribution in [2.24, 2.45) is 0 Å². The van der Waals surface area contributed by atoms with Gasteiger partial charge in [-0.15, -0.1) is 0 Å². The summed E-state index contributed by atoms with van der Waals surface area (Å²) < 4.78 is 5.67. The van der Waals surface area contributed by atoms with E-state index in [0.717, 1.165) is 34.1 Å². The maximum absolute atomic E-state index is 6.15. The van der Waals surface area contributed by atoms with E-state index >= 15 is 0 Å². The number of rotatable bonds is 3. The van der Waals surface area contributed by atoms with Crippen LogP contribution in [-0.2, 0) is 6.54 Å². The van der Waals surface area contributed by atoms with E-state index in [1.54, 1.807) is 0 Å². The molecule has 16 heavy (non-hydrogen) atoms. The summed E-state index contributed by atoms with van der Waals surface area (Å²) in [4.78, 5) is 4.40. The van der Waals surface area contributed by atoms with Crippen molar-refractivity contribution >= 4 is 22.7 Å². The van der Waals surface area contributed by atoms with Crippen LogP contribution in [0, 0.1) is 0 Å². The predicted molar refractivity (Wildman–Crippen MR) is 65.9 cm³/mol. The van der Waals surface area contributed by atoms with Gasteiger partial charge in [0, 0.05) is 17.5 Å². The molecule has 1 aromatic carbocycles. The largest absolute Gasteiger partial charge is 0.440 e. The van der Waals surface area contributed by atoms with Crippen molar-refractivity contribution in [3.05, 3.63) is 28.6 Å². The second kappa shape index (κ2) is 4.44. The molecular formula is C12H15ClN2O. The second-order valence-corrected chi connectivity index (χ2v) is 4.56. The zero-order chi connectivity index (χ0) is 11.7. The quantitative estimate of drug-likeness (QED) is 0.892. The smallest absolute Gasteiger partial charge is 0.198 e. The summed E-state index contributed by atoms with van der Waals surface area (Å²) in [6, 6.07) is 3.81. The van der Waals surface area contributed by atoms with Crippen LogP contribution in [0.2, 0.25) is 5.02 Å². The minimum atomic E-state index is 0.291. The van der Waals surface area contributed by atoms with Gasteiger partial charge in [-0.2, -0.15) is 0 Å². The van der Waals surface area contributed by atoms with Gasteiger partial charge in [0.15, 0.2) is 11.5 Å². The number of nitrogens with one attached hydrogen (secondary N) is 1. The average molecular weight is 239 g/mol. The van der Waals surface area contributed by atoms with Crippen molar-refractivity contribution < 1.29 is 4.42 Å². The first-order valence-electron chi connectivity index (χ1n) is 5.35. The van der Waals surface area contributed by atoms with Crippen LogP contribution in [-0.4, -0.2) is 12.0 Å². The van der Waals surface area contributed by atoms with E-state index in [4.69, 9.17) is 16.0 Å². The van der Waals surface area contributed by atoms with Crippen molar-refractivity contribution in [1.82, 2.24) is 10.3 Å². The van der Waals surface area contributed by atoms with Crippen LogP contribution in [0.15, 0.2) is 16.5 Å². The normalized spacial score (nSPS) is 11.6. The minimum absolute atomic E-state index is 0.291. The van der Waals surface area contributed by atoms with Gasteiger partial charge in [-0.3, -0.25) is 0 Å². The van der Waals surface area contributed by atoms with Gasteiger partial charge in [-0.05, 0) is 24.7 Å². The third-order valence-electron chi connectivity index (χ3n) is 2.43. The van der Waals surface area contributed by atoms with Gasteiger partial charge in [0.05, 0.1) is 0 Å². The Morgan fingerprint density at radius 2 is 2.19 bits per heavy atom. The molecule has 1 aromatic heterocycles. The van der Waals surface area contributed by atoms with Crippen LogP contribution in [0.1, 0.15) is 31.2 Å². The van der Waals surface area contributed by atoms with Crippen LogP contribution >= 0.6 is 11.6 Å².